The summed E-state index contributed by atoms with van der Waals surface area (Å²) in [7, 11) is 1.66. The van der Waals surface area contributed by atoms with Gasteiger partial charge in [0, 0.05) is 17.1 Å². The highest BCUT2D eigenvalue weighted by atomic mass is 32.2. The van der Waals surface area contributed by atoms with Crippen LogP contribution in [0.5, 0.6) is 11.5 Å². The fourth-order valence-electron chi connectivity index (χ4n) is 3.73. The largest absolute Gasteiger partial charge is 0.497 e. The summed E-state index contributed by atoms with van der Waals surface area (Å²) < 4.78 is 12.8. The van der Waals surface area contributed by atoms with E-state index in [2.05, 4.69) is 26.9 Å². The Labute approximate surface area is 221 Å². The number of aromatic nitrogens is 3. The second kappa shape index (κ2) is 12.3. The van der Waals surface area contributed by atoms with Crippen molar-refractivity contribution in [1.82, 2.24) is 20.1 Å². The molecule has 4 aromatic rings. The molecule has 0 saturated carbocycles. The third-order valence-corrected chi connectivity index (χ3v) is 6.61. The number of nitrogens with one attached hydrogen (secondary N) is 2. The summed E-state index contributed by atoms with van der Waals surface area (Å²) in [6.07, 6.45) is 0. The Morgan fingerprint density at radius 1 is 1.03 bits per heavy atom. The topological polar surface area (TPSA) is 90.3 Å². The van der Waals surface area contributed by atoms with Gasteiger partial charge in [0.25, 0.3) is 0 Å². The fraction of sp³-hybridized carbons (Fsp3) is 0.250. The number of thioether (sulfide) groups is 1. The molecule has 0 spiro atoms. The Morgan fingerprint density at radius 2 is 1.78 bits per heavy atom. The van der Waals surface area contributed by atoms with E-state index in [1.165, 1.54) is 0 Å². The third kappa shape index (κ3) is 6.83. The van der Waals surface area contributed by atoms with Gasteiger partial charge in [-0.3, -0.25) is 4.57 Å². The summed E-state index contributed by atoms with van der Waals surface area (Å²) in [5, 5.41) is 15.5. The molecule has 0 fully saturated rings. The quantitative estimate of drug-likeness (QED) is 0.245. The predicted octanol–water partition coefficient (Wildman–Crippen LogP) is 6.16. The summed E-state index contributed by atoms with van der Waals surface area (Å²) >= 11 is 1.58. The van der Waals surface area contributed by atoms with Crippen molar-refractivity contribution in [2.45, 2.75) is 37.7 Å². The number of hydrogen-bond donors (Lipinski definition) is 2. The number of nitrogens with zero attached hydrogens (tertiary/aromatic N) is 3. The average molecular weight is 518 g/mol. The van der Waals surface area contributed by atoms with Crippen LogP contribution in [0, 0.1) is 6.92 Å². The molecule has 1 unspecified atom stereocenters. The standard InChI is InChI=1S/C28H31N5O3S/c1-5-36-24-15-11-22(12-16-24)30-27(34)29-20(3)26-31-32-28(33(26)23-13-9-19(2)10-14-23)37-18-21-7-6-8-25(17-21)35-4/h6-17,20H,5,18H2,1-4H3,(H2,29,30,34). The predicted molar refractivity (Wildman–Crippen MR) is 147 cm³/mol. The van der Waals surface area contributed by atoms with E-state index in [-0.39, 0.29) is 6.03 Å². The highest BCUT2D eigenvalue weighted by Crippen LogP contribution is 2.29. The average Bonchev–Trinajstić information content (AvgIpc) is 3.33. The SMILES string of the molecule is CCOc1ccc(NC(=O)NC(C)c2nnc(SCc3cccc(OC)c3)n2-c2ccc(C)cc2)cc1. The van der Waals surface area contributed by atoms with E-state index < -0.39 is 6.04 Å². The number of benzene rings is 3. The van der Waals surface area contributed by atoms with Gasteiger partial charge in [-0.2, -0.15) is 0 Å². The van der Waals surface area contributed by atoms with Gasteiger partial charge in [0.05, 0.1) is 19.8 Å². The van der Waals surface area contributed by atoms with Crippen LogP contribution in [0.1, 0.15) is 36.8 Å². The van der Waals surface area contributed by atoms with Gasteiger partial charge in [0.15, 0.2) is 11.0 Å². The Kier molecular flexibility index (Phi) is 8.68. The number of hydrogen-bond acceptors (Lipinski definition) is 6. The van der Waals surface area contributed by atoms with Crippen molar-refractivity contribution in [2.75, 3.05) is 19.0 Å². The Morgan fingerprint density at radius 3 is 2.49 bits per heavy atom. The number of anilines is 1. The number of amides is 2. The van der Waals surface area contributed by atoms with Gasteiger partial charge in [0.1, 0.15) is 11.5 Å². The number of methoxy groups -OCH3 is 1. The lowest BCUT2D eigenvalue weighted by Crippen LogP contribution is -2.32. The van der Waals surface area contributed by atoms with Gasteiger partial charge < -0.3 is 20.1 Å². The Hall–Kier alpha value is -3.98. The monoisotopic (exact) mass is 517 g/mol. The zero-order valence-electron chi connectivity index (χ0n) is 21.4. The fourth-order valence-corrected chi connectivity index (χ4v) is 4.63. The first-order valence-electron chi connectivity index (χ1n) is 12.0. The van der Waals surface area contributed by atoms with E-state index in [1.807, 2.05) is 79.9 Å². The summed E-state index contributed by atoms with van der Waals surface area (Å²) in [6, 6.07) is 22.6. The molecule has 3 aromatic carbocycles. The minimum Gasteiger partial charge on any atom is -0.497 e. The van der Waals surface area contributed by atoms with Crippen molar-refractivity contribution < 1.29 is 14.3 Å². The summed E-state index contributed by atoms with van der Waals surface area (Å²) in [4.78, 5) is 12.7. The highest BCUT2D eigenvalue weighted by molar-refractivity contribution is 7.98. The van der Waals surface area contributed by atoms with Gasteiger partial charge in [-0.1, -0.05) is 41.6 Å². The maximum atomic E-state index is 12.7. The van der Waals surface area contributed by atoms with Crippen LogP contribution in [0.3, 0.4) is 0 Å². The maximum absolute atomic E-state index is 12.7. The molecule has 9 heteroatoms. The van der Waals surface area contributed by atoms with Crippen molar-refractivity contribution >= 4 is 23.5 Å². The smallest absolute Gasteiger partial charge is 0.319 e. The van der Waals surface area contributed by atoms with E-state index in [0.717, 1.165) is 33.5 Å². The van der Waals surface area contributed by atoms with Crippen LogP contribution >= 0.6 is 11.8 Å². The van der Waals surface area contributed by atoms with Gasteiger partial charge in [-0.05, 0) is 74.9 Å². The Bertz CT molecular complexity index is 1320. The summed E-state index contributed by atoms with van der Waals surface area (Å²) in [5.74, 6) is 2.90. The normalized spacial score (nSPS) is 11.6. The molecule has 37 heavy (non-hydrogen) atoms. The molecule has 1 aromatic heterocycles. The summed E-state index contributed by atoms with van der Waals surface area (Å²) in [5.41, 5.74) is 3.87. The molecular formula is C28H31N5O3S. The van der Waals surface area contributed by atoms with Crippen LogP contribution in [-0.4, -0.2) is 34.5 Å². The van der Waals surface area contributed by atoms with E-state index >= 15 is 0 Å². The Balaban J connectivity index is 1.52. The number of ether oxygens (including phenoxy) is 2. The zero-order chi connectivity index (χ0) is 26.2. The van der Waals surface area contributed by atoms with Crippen molar-refractivity contribution in [2.24, 2.45) is 0 Å². The van der Waals surface area contributed by atoms with Gasteiger partial charge in [0.2, 0.25) is 0 Å². The number of aryl methyl sites for hydroxylation is 1. The van der Waals surface area contributed by atoms with Gasteiger partial charge >= 0.3 is 6.03 Å². The van der Waals surface area contributed by atoms with E-state index in [9.17, 15) is 4.79 Å². The van der Waals surface area contributed by atoms with Crippen molar-refractivity contribution in [3.63, 3.8) is 0 Å². The lowest BCUT2D eigenvalue weighted by molar-refractivity contribution is 0.248. The van der Waals surface area contributed by atoms with Crippen LogP contribution in [0.4, 0.5) is 10.5 Å². The minimum absolute atomic E-state index is 0.333. The van der Waals surface area contributed by atoms with E-state index in [1.54, 1.807) is 31.0 Å². The first kappa shape index (κ1) is 26.1. The molecule has 0 aliphatic heterocycles. The molecule has 2 N–H and O–H groups in total. The molecule has 1 atom stereocenters. The highest BCUT2D eigenvalue weighted by Gasteiger charge is 2.21. The molecule has 1 heterocycles. The second-order valence-electron chi connectivity index (χ2n) is 8.43. The molecule has 192 valence electrons. The summed E-state index contributed by atoms with van der Waals surface area (Å²) in [6.45, 7) is 6.46. The van der Waals surface area contributed by atoms with Crippen LogP contribution in [0.2, 0.25) is 0 Å². The third-order valence-electron chi connectivity index (χ3n) is 5.61. The van der Waals surface area contributed by atoms with Crippen LogP contribution in [0.25, 0.3) is 5.69 Å². The van der Waals surface area contributed by atoms with Crippen molar-refractivity contribution in [3.05, 3.63) is 89.7 Å². The minimum atomic E-state index is -0.400. The number of urea groups is 1. The number of carbonyl (C=O) groups excluding carboxylic acids is 1. The maximum Gasteiger partial charge on any atom is 0.319 e. The van der Waals surface area contributed by atoms with Crippen LogP contribution in [0.15, 0.2) is 78.0 Å². The number of rotatable bonds is 10. The molecule has 0 bridgehead atoms. The van der Waals surface area contributed by atoms with Crippen molar-refractivity contribution in [1.29, 1.82) is 0 Å². The van der Waals surface area contributed by atoms with E-state index in [4.69, 9.17) is 9.47 Å². The molecule has 8 nitrogen and oxygen atoms in total. The molecule has 4 rings (SSSR count). The van der Waals surface area contributed by atoms with Crippen LogP contribution in [-0.2, 0) is 5.75 Å². The molecule has 0 radical (unpaired) electrons. The van der Waals surface area contributed by atoms with Crippen molar-refractivity contribution in [3.8, 4) is 17.2 Å². The van der Waals surface area contributed by atoms with Gasteiger partial charge in [-0.25, -0.2) is 4.79 Å². The number of carbonyl (C=O) groups is 1. The molecule has 2 amide bonds. The first-order valence-corrected chi connectivity index (χ1v) is 13.0. The molecule has 0 saturated heterocycles. The molecular weight excluding hydrogens is 486 g/mol. The lowest BCUT2D eigenvalue weighted by Gasteiger charge is -2.17. The van der Waals surface area contributed by atoms with Crippen LogP contribution < -0.4 is 20.1 Å². The molecule has 0 aliphatic rings. The van der Waals surface area contributed by atoms with E-state index in [0.29, 0.717) is 23.9 Å². The first-order chi connectivity index (χ1) is 18.0. The molecule has 0 aliphatic carbocycles. The lowest BCUT2D eigenvalue weighted by atomic mass is 10.2. The van der Waals surface area contributed by atoms with Gasteiger partial charge in [-0.15, -0.1) is 10.2 Å². The second-order valence-corrected chi connectivity index (χ2v) is 9.37. The zero-order valence-corrected chi connectivity index (χ0v) is 22.2.